The molecule has 0 fully saturated rings. The summed E-state index contributed by atoms with van der Waals surface area (Å²) in [5.74, 6) is 0.301. The lowest BCUT2D eigenvalue weighted by molar-refractivity contribution is -0.390. The smallest absolute Gasteiger partial charge is 0.349 e. The quantitative estimate of drug-likeness (QED) is 0.503. The molecule has 2 rings (SSSR count). The molecule has 14 heavy (non-hydrogen) atoms. The fourth-order valence-electron chi connectivity index (χ4n) is 1.21. The molecule has 0 N–H and O–H groups in total. The Morgan fingerprint density at radius 3 is 2.86 bits per heavy atom. The van der Waals surface area contributed by atoms with Crippen LogP contribution in [-0.2, 0) is 0 Å². The van der Waals surface area contributed by atoms with E-state index in [2.05, 4.69) is 9.97 Å². The zero-order valence-corrected chi connectivity index (χ0v) is 7.76. The van der Waals surface area contributed by atoms with Crippen molar-refractivity contribution in [1.29, 1.82) is 0 Å². The molecule has 0 radical (unpaired) electrons. The second-order valence-corrected chi connectivity index (χ2v) is 3.05. The number of nitro groups is 1. The summed E-state index contributed by atoms with van der Waals surface area (Å²) < 4.78 is 1.38. The molecule has 72 valence electrons. The predicted octanol–water partition coefficient (Wildman–Crippen LogP) is 1.25. The molecule has 6 nitrogen and oxygen atoms in total. The van der Waals surface area contributed by atoms with E-state index in [4.69, 9.17) is 0 Å². The molecule has 0 saturated heterocycles. The Morgan fingerprint density at radius 2 is 2.21 bits per heavy atom. The highest BCUT2D eigenvalue weighted by molar-refractivity contribution is 5.40. The number of nitrogens with zero attached hydrogens (tertiary/aromatic N) is 4. The van der Waals surface area contributed by atoms with Crippen molar-refractivity contribution >= 4 is 11.6 Å². The van der Waals surface area contributed by atoms with Gasteiger partial charge in [0.1, 0.15) is 12.4 Å². The van der Waals surface area contributed by atoms with Gasteiger partial charge in [0, 0.05) is 5.56 Å². The van der Waals surface area contributed by atoms with Gasteiger partial charge in [-0.25, -0.2) is 0 Å². The first-order valence-corrected chi connectivity index (χ1v) is 4.05. The number of rotatable bonds is 1. The molecule has 2 heterocycles. The molecule has 0 atom stereocenters. The SMILES string of the molecule is Cc1cn2c([N+](=O)[O-])cnc2nc1C. The Balaban J connectivity index is 2.80. The van der Waals surface area contributed by atoms with E-state index >= 15 is 0 Å². The molecule has 2 aromatic heterocycles. The molecule has 0 aromatic carbocycles. The first-order chi connectivity index (χ1) is 6.59. The van der Waals surface area contributed by atoms with Crippen molar-refractivity contribution in [3.63, 3.8) is 0 Å². The minimum atomic E-state index is -0.476. The highest BCUT2D eigenvalue weighted by atomic mass is 16.6. The summed E-state index contributed by atoms with van der Waals surface area (Å²) in [5, 5.41) is 10.6. The van der Waals surface area contributed by atoms with E-state index in [9.17, 15) is 10.1 Å². The monoisotopic (exact) mass is 192 g/mol. The predicted molar refractivity (Wildman–Crippen MR) is 49.1 cm³/mol. The average molecular weight is 192 g/mol. The number of fused-ring (bicyclic) bond motifs is 1. The van der Waals surface area contributed by atoms with Crippen LogP contribution >= 0.6 is 0 Å². The van der Waals surface area contributed by atoms with Crippen LogP contribution in [0, 0.1) is 24.0 Å². The Kier molecular flexibility index (Phi) is 1.70. The van der Waals surface area contributed by atoms with Gasteiger partial charge in [-0.2, -0.15) is 14.4 Å². The normalized spacial score (nSPS) is 10.7. The number of aryl methyl sites for hydroxylation is 2. The largest absolute Gasteiger partial charge is 0.358 e. The first-order valence-electron chi connectivity index (χ1n) is 4.05. The Labute approximate surface area is 79.4 Å². The van der Waals surface area contributed by atoms with Crippen molar-refractivity contribution in [2.75, 3.05) is 0 Å². The van der Waals surface area contributed by atoms with Gasteiger partial charge in [0.05, 0.1) is 5.69 Å². The molecule has 0 aliphatic carbocycles. The lowest BCUT2D eigenvalue weighted by Crippen LogP contribution is -1.98. The Hall–Kier alpha value is -1.98. The van der Waals surface area contributed by atoms with Gasteiger partial charge in [0.15, 0.2) is 0 Å². The summed E-state index contributed by atoms with van der Waals surface area (Å²) in [6, 6.07) is 0. The van der Waals surface area contributed by atoms with Crippen LogP contribution in [0.5, 0.6) is 0 Å². The molecular formula is C8H8N4O2. The summed E-state index contributed by atoms with van der Waals surface area (Å²) in [7, 11) is 0. The third-order valence-corrected chi connectivity index (χ3v) is 2.11. The van der Waals surface area contributed by atoms with Gasteiger partial charge in [-0.05, 0) is 18.8 Å². The van der Waals surface area contributed by atoms with Gasteiger partial charge in [0.2, 0.25) is 0 Å². The van der Waals surface area contributed by atoms with Gasteiger partial charge in [-0.1, -0.05) is 0 Å². The molecular weight excluding hydrogens is 184 g/mol. The van der Waals surface area contributed by atoms with Gasteiger partial charge >= 0.3 is 11.6 Å². The van der Waals surface area contributed by atoms with Gasteiger partial charge < -0.3 is 10.1 Å². The van der Waals surface area contributed by atoms with Gasteiger partial charge in [-0.15, -0.1) is 0 Å². The second kappa shape index (κ2) is 2.76. The molecule has 0 amide bonds. The third kappa shape index (κ3) is 1.12. The summed E-state index contributed by atoms with van der Waals surface area (Å²) in [4.78, 5) is 18.1. The van der Waals surface area contributed by atoms with Crippen molar-refractivity contribution in [1.82, 2.24) is 14.4 Å². The van der Waals surface area contributed by atoms with Crippen LogP contribution in [-0.4, -0.2) is 19.3 Å². The average Bonchev–Trinajstić information content (AvgIpc) is 2.48. The molecule has 0 unspecified atom stereocenters. The van der Waals surface area contributed by atoms with Crippen LogP contribution in [0.15, 0.2) is 12.4 Å². The van der Waals surface area contributed by atoms with Crippen LogP contribution in [0.1, 0.15) is 11.3 Å². The topological polar surface area (TPSA) is 73.3 Å². The van der Waals surface area contributed by atoms with E-state index in [1.807, 2.05) is 13.8 Å². The third-order valence-electron chi connectivity index (χ3n) is 2.11. The standard InChI is InChI=1S/C8H8N4O2/c1-5-4-11-7(12(13)14)3-9-8(11)10-6(5)2/h3-4H,1-2H3. The van der Waals surface area contributed by atoms with Crippen LogP contribution in [0.25, 0.3) is 5.78 Å². The number of aromatic nitrogens is 3. The number of hydrogen-bond donors (Lipinski definition) is 0. The van der Waals surface area contributed by atoms with E-state index in [0.717, 1.165) is 11.3 Å². The Bertz CT molecular complexity index is 517. The highest BCUT2D eigenvalue weighted by Crippen LogP contribution is 2.14. The maximum absolute atomic E-state index is 10.6. The van der Waals surface area contributed by atoms with Gasteiger partial charge in [0.25, 0.3) is 0 Å². The molecule has 0 aliphatic rings. The van der Waals surface area contributed by atoms with Crippen molar-refractivity contribution in [3.8, 4) is 0 Å². The lowest BCUT2D eigenvalue weighted by Gasteiger charge is -1.97. The van der Waals surface area contributed by atoms with E-state index in [1.165, 1.54) is 10.6 Å². The summed E-state index contributed by atoms with van der Waals surface area (Å²) in [6.45, 7) is 3.70. The van der Waals surface area contributed by atoms with Crippen LogP contribution in [0.3, 0.4) is 0 Å². The van der Waals surface area contributed by atoms with Crippen LogP contribution in [0.4, 0.5) is 5.82 Å². The Morgan fingerprint density at radius 1 is 1.50 bits per heavy atom. The summed E-state index contributed by atoms with van der Waals surface area (Å²) >= 11 is 0. The number of imidazole rings is 1. The maximum atomic E-state index is 10.6. The van der Waals surface area contributed by atoms with Gasteiger partial charge in [-0.3, -0.25) is 0 Å². The fraction of sp³-hybridized carbons (Fsp3) is 0.250. The summed E-state index contributed by atoms with van der Waals surface area (Å²) in [5.41, 5.74) is 1.73. The van der Waals surface area contributed by atoms with Crippen molar-refractivity contribution < 1.29 is 4.92 Å². The van der Waals surface area contributed by atoms with E-state index in [1.54, 1.807) is 6.20 Å². The van der Waals surface area contributed by atoms with Crippen molar-refractivity contribution in [2.24, 2.45) is 0 Å². The molecule has 2 aromatic rings. The molecule has 0 bridgehead atoms. The maximum Gasteiger partial charge on any atom is 0.349 e. The fourth-order valence-corrected chi connectivity index (χ4v) is 1.21. The van der Waals surface area contributed by atoms with Crippen molar-refractivity contribution in [2.45, 2.75) is 13.8 Å². The second-order valence-electron chi connectivity index (χ2n) is 3.05. The number of hydrogen-bond acceptors (Lipinski definition) is 4. The lowest BCUT2D eigenvalue weighted by atomic mass is 10.3. The van der Waals surface area contributed by atoms with E-state index < -0.39 is 4.92 Å². The summed E-state index contributed by atoms with van der Waals surface area (Å²) in [6.07, 6.45) is 2.88. The minimum Gasteiger partial charge on any atom is -0.358 e. The molecule has 6 heteroatoms. The van der Waals surface area contributed by atoms with Crippen molar-refractivity contribution in [3.05, 3.63) is 33.8 Å². The molecule has 0 spiro atoms. The zero-order valence-electron chi connectivity index (χ0n) is 7.76. The van der Waals surface area contributed by atoms with Crippen LogP contribution < -0.4 is 0 Å². The van der Waals surface area contributed by atoms with E-state index in [0.29, 0.717) is 5.78 Å². The zero-order chi connectivity index (χ0) is 10.3. The first kappa shape index (κ1) is 8.61. The van der Waals surface area contributed by atoms with Crippen LogP contribution in [0.2, 0.25) is 0 Å². The molecule has 0 aliphatic heterocycles. The highest BCUT2D eigenvalue weighted by Gasteiger charge is 2.15. The minimum absolute atomic E-state index is 0.0596. The molecule has 0 saturated carbocycles. The van der Waals surface area contributed by atoms with E-state index in [-0.39, 0.29) is 5.82 Å².